The van der Waals surface area contributed by atoms with E-state index >= 15 is 0 Å². The number of hydrogen-bond acceptors (Lipinski definition) is 4. The van der Waals surface area contributed by atoms with E-state index < -0.39 is 0 Å². The minimum absolute atomic E-state index is 0.136. The number of hydrogen-bond donors (Lipinski definition) is 1. The van der Waals surface area contributed by atoms with Crippen molar-refractivity contribution in [2.75, 3.05) is 7.11 Å². The molecule has 0 unspecified atom stereocenters. The van der Waals surface area contributed by atoms with Gasteiger partial charge in [-0.25, -0.2) is 4.98 Å². The van der Waals surface area contributed by atoms with Gasteiger partial charge in [-0.05, 0) is 33.6 Å². The predicted octanol–water partition coefficient (Wildman–Crippen LogP) is 2.83. The van der Waals surface area contributed by atoms with Crippen LogP contribution in [-0.4, -0.2) is 17.1 Å². The monoisotopic (exact) mass is 326 g/mol. The normalized spacial score (nSPS) is 10.3. The van der Waals surface area contributed by atoms with Crippen LogP contribution in [0.2, 0.25) is 0 Å². The number of thioether (sulfide) groups is 1. The van der Waals surface area contributed by atoms with Gasteiger partial charge in [0.1, 0.15) is 5.75 Å². The molecule has 1 heterocycles. The molecule has 0 saturated carbocycles. The molecule has 94 valence electrons. The molecule has 0 bridgehead atoms. The topological polar surface area (TPSA) is 55.0 Å². The number of H-pyrrole nitrogens is 1. The van der Waals surface area contributed by atoms with Crippen LogP contribution in [-0.2, 0) is 5.75 Å². The lowest BCUT2D eigenvalue weighted by molar-refractivity contribution is 0.412. The standard InChI is InChI=1S/C12H11BrN2O2S/c1-17-10-3-2-8(6-9(10)13)7-18-12-14-5-4-11(16)15-12/h2-6H,7H2,1H3,(H,14,15,16). The minimum atomic E-state index is -0.136. The van der Waals surface area contributed by atoms with Gasteiger partial charge in [0, 0.05) is 18.0 Å². The lowest BCUT2D eigenvalue weighted by atomic mass is 10.2. The summed E-state index contributed by atoms with van der Waals surface area (Å²) in [5.74, 6) is 1.53. The van der Waals surface area contributed by atoms with Crippen LogP contribution >= 0.6 is 27.7 Å². The van der Waals surface area contributed by atoms with E-state index in [9.17, 15) is 4.79 Å². The van der Waals surface area contributed by atoms with Crippen LogP contribution in [0.25, 0.3) is 0 Å². The molecule has 0 radical (unpaired) electrons. The number of benzene rings is 1. The van der Waals surface area contributed by atoms with Crippen molar-refractivity contribution in [2.45, 2.75) is 10.9 Å². The molecular formula is C12H11BrN2O2S. The molecule has 1 N–H and O–H groups in total. The van der Waals surface area contributed by atoms with E-state index in [2.05, 4.69) is 25.9 Å². The summed E-state index contributed by atoms with van der Waals surface area (Å²) in [6.07, 6.45) is 1.51. The second-order valence-corrected chi connectivity index (χ2v) is 5.32. The average molecular weight is 327 g/mol. The van der Waals surface area contributed by atoms with Crippen LogP contribution in [0.15, 0.2) is 44.9 Å². The summed E-state index contributed by atoms with van der Waals surface area (Å²) in [6, 6.07) is 7.28. The SMILES string of the molecule is COc1ccc(CSc2nccc(=O)[nH]2)cc1Br. The first-order valence-electron chi connectivity index (χ1n) is 5.19. The molecule has 0 saturated heterocycles. The molecular weight excluding hydrogens is 316 g/mol. The molecule has 6 heteroatoms. The van der Waals surface area contributed by atoms with Crippen molar-refractivity contribution in [3.05, 3.63) is 50.9 Å². The van der Waals surface area contributed by atoms with Crippen LogP contribution in [0, 0.1) is 0 Å². The number of rotatable bonds is 4. The van der Waals surface area contributed by atoms with Gasteiger partial charge >= 0.3 is 0 Å². The van der Waals surface area contributed by atoms with Crippen LogP contribution < -0.4 is 10.3 Å². The Hall–Kier alpha value is -1.27. The third-order valence-electron chi connectivity index (χ3n) is 2.24. The zero-order valence-electron chi connectivity index (χ0n) is 9.64. The molecule has 0 fully saturated rings. The zero-order chi connectivity index (χ0) is 13.0. The summed E-state index contributed by atoms with van der Waals surface area (Å²) in [6.45, 7) is 0. The van der Waals surface area contributed by atoms with Gasteiger partial charge in [0.25, 0.3) is 5.56 Å². The highest BCUT2D eigenvalue weighted by molar-refractivity contribution is 9.10. The number of halogens is 1. The Labute approximate surface area is 117 Å². The van der Waals surface area contributed by atoms with E-state index in [1.807, 2.05) is 18.2 Å². The van der Waals surface area contributed by atoms with E-state index in [1.54, 1.807) is 7.11 Å². The quantitative estimate of drug-likeness (QED) is 0.693. The zero-order valence-corrected chi connectivity index (χ0v) is 12.0. The maximum Gasteiger partial charge on any atom is 0.251 e. The highest BCUT2D eigenvalue weighted by Crippen LogP contribution is 2.28. The summed E-state index contributed by atoms with van der Waals surface area (Å²) in [4.78, 5) is 17.9. The second-order valence-electron chi connectivity index (χ2n) is 3.50. The van der Waals surface area contributed by atoms with E-state index in [4.69, 9.17) is 4.74 Å². The smallest absolute Gasteiger partial charge is 0.251 e. The molecule has 1 aromatic heterocycles. The number of ether oxygens (including phenoxy) is 1. The van der Waals surface area contributed by atoms with Crippen LogP contribution in [0.4, 0.5) is 0 Å². The van der Waals surface area contributed by atoms with Crippen molar-refractivity contribution in [1.29, 1.82) is 0 Å². The van der Waals surface area contributed by atoms with Crippen molar-refractivity contribution >= 4 is 27.7 Å². The summed E-state index contributed by atoms with van der Waals surface area (Å²) in [5.41, 5.74) is 0.989. The number of aromatic nitrogens is 2. The third-order valence-corrected chi connectivity index (χ3v) is 3.82. The Morgan fingerprint density at radius 3 is 2.94 bits per heavy atom. The summed E-state index contributed by atoms with van der Waals surface area (Å²) in [5, 5.41) is 0.620. The summed E-state index contributed by atoms with van der Waals surface area (Å²) in [7, 11) is 1.63. The van der Waals surface area contributed by atoms with Crippen LogP contribution in [0.3, 0.4) is 0 Å². The molecule has 0 spiro atoms. The molecule has 0 amide bonds. The first-order chi connectivity index (χ1) is 8.69. The summed E-state index contributed by atoms with van der Waals surface area (Å²) < 4.78 is 6.08. The molecule has 0 atom stereocenters. The number of aromatic amines is 1. The lowest BCUT2D eigenvalue weighted by Crippen LogP contribution is -2.05. The van der Waals surface area contributed by atoms with E-state index in [0.29, 0.717) is 5.16 Å². The number of methoxy groups -OCH3 is 1. The van der Waals surface area contributed by atoms with Gasteiger partial charge in [-0.3, -0.25) is 4.79 Å². The largest absolute Gasteiger partial charge is 0.496 e. The van der Waals surface area contributed by atoms with Gasteiger partial charge in [0.2, 0.25) is 0 Å². The fraction of sp³-hybridized carbons (Fsp3) is 0.167. The Morgan fingerprint density at radius 2 is 2.28 bits per heavy atom. The first kappa shape index (κ1) is 13.2. The fourth-order valence-electron chi connectivity index (χ4n) is 1.38. The molecule has 2 aromatic rings. The van der Waals surface area contributed by atoms with Gasteiger partial charge in [-0.15, -0.1) is 0 Å². The second kappa shape index (κ2) is 6.06. The predicted molar refractivity (Wildman–Crippen MR) is 75.1 cm³/mol. The average Bonchev–Trinajstić information content (AvgIpc) is 2.37. The third kappa shape index (κ3) is 3.36. The van der Waals surface area contributed by atoms with Crippen molar-refractivity contribution in [3.63, 3.8) is 0 Å². The first-order valence-corrected chi connectivity index (χ1v) is 6.97. The Bertz CT molecular complexity index is 601. The van der Waals surface area contributed by atoms with Crippen molar-refractivity contribution in [1.82, 2.24) is 9.97 Å². The molecule has 18 heavy (non-hydrogen) atoms. The van der Waals surface area contributed by atoms with Crippen LogP contribution in [0.5, 0.6) is 5.75 Å². The van der Waals surface area contributed by atoms with Gasteiger partial charge in [-0.2, -0.15) is 0 Å². The van der Waals surface area contributed by atoms with Gasteiger partial charge in [-0.1, -0.05) is 17.8 Å². The molecule has 0 aliphatic heterocycles. The van der Waals surface area contributed by atoms with Crippen molar-refractivity contribution in [3.8, 4) is 5.75 Å². The highest BCUT2D eigenvalue weighted by atomic mass is 79.9. The highest BCUT2D eigenvalue weighted by Gasteiger charge is 2.03. The Morgan fingerprint density at radius 1 is 1.44 bits per heavy atom. The maximum atomic E-state index is 11.1. The Balaban J connectivity index is 2.06. The number of nitrogens with one attached hydrogen (secondary N) is 1. The molecule has 0 aliphatic carbocycles. The molecule has 0 aliphatic rings. The van der Waals surface area contributed by atoms with Gasteiger partial charge < -0.3 is 9.72 Å². The van der Waals surface area contributed by atoms with E-state index in [-0.39, 0.29) is 5.56 Å². The van der Waals surface area contributed by atoms with Gasteiger partial charge in [0.15, 0.2) is 5.16 Å². The van der Waals surface area contributed by atoms with Crippen molar-refractivity contribution < 1.29 is 4.74 Å². The Kier molecular flexibility index (Phi) is 4.43. The fourth-order valence-corrected chi connectivity index (χ4v) is 2.76. The van der Waals surface area contributed by atoms with Crippen LogP contribution in [0.1, 0.15) is 5.56 Å². The molecule has 4 nitrogen and oxygen atoms in total. The van der Waals surface area contributed by atoms with Gasteiger partial charge in [0.05, 0.1) is 11.6 Å². The van der Waals surface area contributed by atoms with Crippen molar-refractivity contribution in [2.24, 2.45) is 0 Å². The maximum absolute atomic E-state index is 11.1. The van der Waals surface area contributed by atoms with E-state index in [0.717, 1.165) is 21.5 Å². The minimum Gasteiger partial charge on any atom is -0.496 e. The molecule has 2 rings (SSSR count). The lowest BCUT2D eigenvalue weighted by Gasteiger charge is -2.05. The number of nitrogens with zero attached hydrogens (tertiary/aromatic N) is 1. The van der Waals surface area contributed by atoms with E-state index in [1.165, 1.54) is 24.0 Å². The molecule has 1 aromatic carbocycles. The summed E-state index contributed by atoms with van der Waals surface area (Å²) >= 11 is 4.92.